The lowest BCUT2D eigenvalue weighted by Gasteiger charge is -2.63. The number of hydrogen-bond donors (Lipinski definition) is 2. The molecule has 22 heavy (non-hydrogen) atoms. The van der Waals surface area contributed by atoms with Crippen LogP contribution < -0.4 is 15.8 Å². The van der Waals surface area contributed by atoms with Crippen LogP contribution in [0.15, 0.2) is 18.2 Å². The molecule has 3 fully saturated rings. The summed E-state index contributed by atoms with van der Waals surface area (Å²) in [5, 5.41) is 3.64. The van der Waals surface area contributed by atoms with E-state index < -0.39 is 5.91 Å². The molecule has 0 radical (unpaired) electrons. The van der Waals surface area contributed by atoms with Crippen LogP contribution in [0.4, 0.5) is 5.69 Å². The Kier molecular flexibility index (Phi) is 3.08. The van der Waals surface area contributed by atoms with Crippen molar-refractivity contribution >= 4 is 11.6 Å². The van der Waals surface area contributed by atoms with E-state index in [2.05, 4.69) is 5.32 Å². The molecule has 1 heterocycles. The van der Waals surface area contributed by atoms with Gasteiger partial charge in [-0.3, -0.25) is 4.79 Å². The lowest BCUT2D eigenvalue weighted by atomic mass is 9.46. The van der Waals surface area contributed by atoms with Crippen molar-refractivity contribution in [2.75, 3.05) is 19.0 Å². The van der Waals surface area contributed by atoms with Gasteiger partial charge in [-0.25, -0.2) is 0 Å². The first-order valence-corrected chi connectivity index (χ1v) is 8.02. The summed E-state index contributed by atoms with van der Waals surface area (Å²) >= 11 is 0. The maximum atomic E-state index is 11.4. The number of ether oxygens (including phenoxy) is 2. The van der Waals surface area contributed by atoms with Crippen LogP contribution in [0.5, 0.6) is 5.75 Å². The van der Waals surface area contributed by atoms with Crippen LogP contribution in [0.1, 0.15) is 36.0 Å². The van der Waals surface area contributed by atoms with Crippen molar-refractivity contribution in [3.8, 4) is 5.75 Å². The molecule has 1 aromatic carbocycles. The van der Waals surface area contributed by atoms with E-state index >= 15 is 0 Å². The monoisotopic (exact) mass is 302 g/mol. The largest absolute Gasteiger partial charge is 0.495 e. The molecule has 5 heteroatoms. The maximum absolute atomic E-state index is 11.4. The minimum absolute atomic E-state index is 0.287. The molecule has 4 rings (SSSR count). The summed E-state index contributed by atoms with van der Waals surface area (Å²) in [6.07, 6.45) is 5.27. The topological polar surface area (TPSA) is 73.6 Å². The van der Waals surface area contributed by atoms with E-state index in [0.717, 1.165) is 24.5 Å². The van der Waals surface area contributed by atoms with E-state index in [-0.39, 0.29) is 5.41 Å². The number of primary amides is 1. The fraction of sp³-hybridized carbons (Fsp3) is 0.588. The first-order valence-electron chi connectivity index (χ1n) is 8.02. The highest BCUT2D eigenvalue weighted by Crippen LogP contribution is 2.63. The summed E-state index contributed by atoms with van der Waals surface area (Å²) in [7, 11) is 1.64. The van der Waals surface area contributed by atoms with Gasteiger partial charge in [0.05, 0.1) is 18.9 Å². The summed E-state index contributed by atoms with van der Waals surface area (Å²) in [6, 6.07) is 5.72. The molecule has 3 unspecified atom stereocenters. The van der Waals surface area contributed by atoms with E-state index in [1.165, 1.54) is 19.3 Å². The molecule has 1 aromatic rings. The predicted molar refractivity (Wildman–Crippen MR) is 83.1 cm³/mol. The van der Waals surface area contributed by atoms with Gasteiger partial charge in [0.1, 0.15) is 5.75 Å². The number of hydrogen-bond acceptors (Lipinski definition) is 4. The van der Waals surface area contributed by atoms with Crippen molar-refractivity contribution in [1.82, 2.24) is 0 Å². The van der Waals surface area contributed by atoms with Crippen LogP contribution in [0, 0.1) is 11.3 Å². The molecule has 2 saturated carbocycles. The lowest BCUT2D eigenvalue weighted by Crippen LogP contribution is -2.68. The number of anilines is 1. The van der Waals surface area contributed by atoms with Crippen LogP contribution in [0.25, 0.3) is 0 Å². The summed E-state index contributed by atoms with van der Waals surface area (Å²) in [6.45, 7) is 0.869. The quantitative estimate of drug-likeness (QED) is 0.894. The normalized spacial score (nSPS) is 31.0. The van der Waals surface area contributed by atoms with Crippen molar-refractivity contribution in [1.29, 1.82) is 0 Å². The number of carbonyl (C=O) groups is 1. The van der Waals surface area contributed by atoms with E-state index in [1.807, 2.05) is 0 Å². The molecule has 3 atom stereocenters. The Balaban J connectivity index is 1.62. The number of benzene rings is 1. The zero-order valence-electron chi connectivity index (χ0n) is 12.8. The number of methoxy groups -OCH3 is 1. The van der Waals surface area contributed by atoms with Crippen molar-refractivity contribution in [2.24, 2.45) is 17.1 Å². The van der Waals surface area contributed by atoms with Gasteiger partial charge in [0, 0.05) is 29.5 Å². The smallest absolute Gasteiger partial charge is 0.248 e. The highest BCUT2D eigenvalue weighted by molar-refractivity contribution is 5.94. The molecular formula is C17H22N2O3. The number of amides is 1. The lowest BCUT2D eigenvalue weighted by molar-refractivity contribution is -0.158. The van der Waals surface area contributed by atoms with Gasteiger partial charge in [-0.2, -0.15) is 0 Å². The molecule has 0 aromatic heterocycles. The third-order valence-corrected chi connectivity index (χ3v) is 5.83. The van der Waals surface area contributed by atoms with E-state index in [9.17, 15) is 4.79 Å². The molecule has 5 nitrogen and oxygen atoms in total. The second-order valence-electron chi connectivity index (χ2n) is 6.73. The number of fused-ring (bicyclic) bond motifs is 2. The zero-order chi connectivity index (χ0) is 15.3. The Morgan fingerprint density at radius 1 is 1.45 bits per heavy atom. The second-order valence-corrected chi connectivity index (χ2v) is 6.73. The third-order valence-electron chi connectivity index (χ3n) is 5.83. The molecule has 1 saturated heterocycles. The number of carbonyl (C=O) groups excluding carboxylic acids is 1. The van der Waals surface area contributed by atoms with Gasteiger partial charge in [0.15, 0.2) is 0 Å². The summed E-state index contributed by atoms with van der Waals surface area (Å²) in [4.78, 5) is 11.4. The van der Waals surface area contributed by atoms with Gasteiger partial charge in [0.2, 0.25) is 5.91 Å². The minimum atomic E-state index is -0.417. The number of rotatable bonds is 4. The summed E-state index contributed by atoms with van der Waals surface area (Å²) < 4.78 is 11.4. The predicted octanol–water partition coefficient (Wildman–Crippen LogP) is 2.16. The SMILES string of the molecule is COc1ccc(C(N)=O)cc1NC1C2CCOC2C12CCC2. The van der Waals surface area contributed by atoms with Crippen LogP contribution in [-0.4, -0.2) is 31.8 Å². The van der Waals surface area contributed by atoms with E-state index in [4.69, 9.17) is 15.2 Å². The molecule has 3 aliphatic rings. The number of nitrogens with two attached hydrogens (primary N) is 1. The number of nitrogens with one attached hydrogen (secondary N) is 1. The van der Waals surface area contributed by atoms with E-state index in [1.54, 1.807) is 25.3 Å². The Morgan fingerprint density at radius 2 is 2.27 bits per heavy atom. The molecule has 1 amide bonds. The van der Waals surface area contributed by atoms with Gasteiger partial charge in [-0.15, -0.1) is 0 Å². The standard InChI is InChI=1S/C17H22N2O3/c1-21-13-4-3-10(16(18)20)9-12(13)19-14-11-5-8-22-15(11)17(14)6-2-7-17/h3-4,9,11,14-15,19H,2,5-8H2,1H3,(H2,18,20). The first-order chi connectivity index (χ1) is 10.7. The molecule has 118 valence electrons. The Morgan fingerprint density at radius 3 is 2.91 bits per heavy atom. The average molecular weight is 302 g/mol. The van der Waals surface area contributed by atoms with Gasteiger partial charge < -0.3 is 20.5 Å². The highest BCUT2D eigenvalue weighted by Gasteiger charge is 2.66. The Bertz CT molecular complexity index is 612. The van der Waals surface area contributed by atoms with Crippen molar-refractivity contribution in [2.45, 2.75) is 37.8 Å². The average Bonchev–Trinajstić information content (AvgIpc) is 2.88. The molecule has 1 spiro atoms. The second kappa shape index (κ2) is 4.88. The molecule has 1 aliphatic heterocycles. The fourth-order valence-corrected chi connectivity index (χ4v) is 4.60. The van der Waals surface area contributed by atoms with Crippen molar-refractivity contribution in [3.63, 3.8) is 0 Å². The zero-order valence-corrected chi connectivity index (χ0v) is 12.8. The van der Waals surface area contributed by atoms with Crippen molar-refractivity contribution < 1.29 is 14.3 Å². The Labute approximate surface area is 130 Å². The minimum Gasteiger partial charge on any atom is -0.495 e. The fourth-order valence-electron chi connectivity index (χ4n) is 4.60. The van der Waals surface area contributed by atoms with Crippen molar-refractivity contribution in [3.05, 3.63) is 23.8 Å². The summed E-state index contributed by atoms with van der Waals surface area (Å²) in [5.41, 5.74) is 7.05. The third kappa shape index (κ3) is 1.78. The van der Waals surface area contributed by atoms with Crippen LogP contribution >= 0.6 is 0 Å². The van der Waals surface area contributed by atoms with Gasteiger partial charge in [-0.1, -0.05) is 6.42 Å². The maximum Gasteiger partial charge on any atom is 0.248 e. The highest BCUT2D eigenvalue weighted by atomic mass is 16.5. The Hall–Kier alpha value is -1.75. The van der Waals surface area contributed by atoms with Gasteiger partial charge >= 0.3 is 0 Å². The van der Waals surface area contributed by atoms with Crippen LogP contribution in [0.3, 0.4) is 0 Å². The first kappa shape index (κ1) is 13.9. The molecule has 2 aliphatic carbocycles. The molecule has 0 bridgehead atoms. The van der Waals surface area contributed by atoms with Crippen LogP contribution in [-0.2, 0) is 4.74 Å². The van der Waals surface area contributed by atoms with E-state index in [0.29, 0.717) is 23.6 Å². The van der Waals surface area contributed by atoms with Crippen LogP contribution in [0.2, 0.25) is 0 Å². The molecular weight excluding hydrogens is 280 g/mol. The van der Waals surface area contributed by atoms with Gasteiger partial charge in [-0.05, 0) is 37.5 Å². The summed E-state index contributed by atoms with van der Waals surface area (Å²) in [5.74, 6) is 0.906. The molecule has 3 N–H and O–H groups in total. The van der Waals surface area contributed by atoms with Gasteiger partial charge in [0.25, 0.3) is 0 Å².